The summed E-state index contributed by atoms with van der Waals surface area (Å²) in [5.41, 5.74) is 0.724. The van der Waals surface area contributed by atoms with Gasteiger partial charge in [-0.15, -0.1) is 0 Å². The van der Waals surface area contributed by atoms with Crippen molar-refractivity contribution in [2.75, 3.05) is 13.1 Å². The van der Waals surface area contributed by atoms with Crippen molar-refractivity contribution in [3.8, 4) is 0 Å². The summed E-state index contributed by atoms with van der Waals surface area (Å²) in [6.45, 7) is 4.52. The van der Waals surface area contributed by atoms with E-state index >= 15 is 0 Å². The predicted octanol–water partition coefficient (Wildman–Crippen LogP) is 2.76. The Balaban J connectivity index is 2.05. The first-order valence-corrected chi connectivity index (χ1v) is 6.66. The molecular formula is C15H21NO2. The zero-order valence-corrected chi connectivity index (χ0v) is 10.9. The smallest absolute Gasteiger partial charge is 0.310 e. The molecule has 0 aliphatic carbocycles. The van der Waals surface area contributed by atoms with Crippen LogP contribution in [0.5, 0.6) is 0 Å². The minimum Gasteiger partial charge on any atom is -0.481 e. The summed E-state index contributed by atoms with van der Waals surface area (Å²) in [4.78, 5) is 13.8. The molecular weight excluding hydrogens is 226 g/mol. The molecule has 0 saturated carbocycles. The second kappa shape index (κ2) is 5.53. The standard InChI is InChI=1S/C15H21NO2/c1-2-15(14(17)18)9-6-10-16(12-15)11-13-7-4-3-5-8-13/h3-5,7-8H,2,6,9-12H2,1H3,(H,17,18)/t15-/m1/s1. The van der Waals surface area contributed by atoms with Crippen molar-refractivity contribution in [3.63, 3.8) is 0 Å². The Morgan fingerprint density at radius 3 is 2.72 bits per heavy atom. The van der Waals surface area contributed by atoms with Gasteiger partial charge in [-0.25, -0.2) is 0 Å². The maximum Gasteiger partial charge on any atom is 0.310 e. The van der Waals surface area contributed by atoms with Crippen LogP contribution in [0.1, 0.15) is 31.7 Å². The molecule has 0 aromatic heterocycles. The topological polar surface area (TPSA) is 40.5 Å². The van der Waals surface area contributed by atoms with E-state index in [1.165, 1.54) is 5.56 Å². The van der Waals surface area contributed by atoms with Crippen LogP contribution < -0.4 is 0 Å². The summed E-state index contributed by atoms with van der Waals surface area (Å²) < 4.78 is 0. The van der Waals surface area contributed by atoms with Crippen LogP contribution in [-0.2, 0) is 11.3 Å². The van der Waals surface area contributed by atoms with Gasteiger partial charge in [-0.2, -0.15) is 0 Å². The van der Waals surface area contributed by atoms with Crippen LogP contribution in [0.4, 0.5) is 0 Å². The lowest BCUT2D eigenvalue weighted by atomic mass is 9.77. The molecule has 98 valence electrons. The molecule has 1 aromatic rings. The van der Waals surface area contributed by atoms with Crippen LogP contribution in [0.15, 0.2) is 30.3 Å². The Hall–Kier alpha value is -1.35. The van der Waals surface area contributed by atoms with Crippen LogP contribution in [-0.4, -0.2) is 29.1 Å². The van der Waals surface area contributed by atoms with Gasteiger partial charge < -0.3 is 5.11 Å². The number of carbonyl (C=O) groups is 1. The Kier molecular flexibility index (Phi) is 4.02. The number of benzene rings is 1. The van der Waals surface area contributed by atoms with E-state index in [9.17, 15) is 9.90 Å². The number of piperidine rings is 1. The highest BCUT2D eigenvalue weighted by molar-refractivity contribution is 5.75. The Morgan fingerprint density at radius 1 is 1.39 bits per heavy atom. The van der Waals surface area contributed by atoms with Crippen LogP contribution in [0, 0.1) is 5.41 Å². The fourth-order valence-electron chi connectivity index (χ4n) is 2.82. The fourth-order valence-corrected chi connectivity index (χ4v) is 2.82. The maximum atomic E-state index is 11.5. The number of likely N-dealkylation sites (tertiary alicyclic amines) is 1. The molecule has 0 spiro atoms. The molecule has 18 heavy (non-hydrogen) atoms. The molecule has 1 fully saturated rings. The average Bonchev–Trinajstić information content (AvgIpc) is 2.40. The first-order chi connectivity index (χ1) is 8.66. The number of aliphatic carboxylic acids is 1. The molecule has 1 aliphatic heterocycles. The fraction of sp³-hybridized carbons (Fsp3) is 0.533. The van der Waals surface area contributed by atoms with E-state index in [0.29, 0.717) is 13.0 Å². The van der Waals surface area contributed by atoms with E-state index in [4.69, 9.17) is 0 Å². The normalized spacial score (nSPS) is 24.9. The summed E-state index contributed by atoms with van der Waals surface area (Å²) in [7, 11) is 0. The SMILES string of the molecule is CC[C@@]1(C(=O)O)CCCN(Cc2ccccc2)C1. The highest BCUT2D eigenvalue weighted by atomic mass is 16.4. The van der Waals surface area contributed by atoms with Gasteiger partial charge in [0.25, 0.3) is 0 Å². The van der Waals surface area contributed by atoms with E-state index in [1.807, 2.05) is 25.1 Å². The van der Waals surface area contributed by atoms with Gasteiger partial charge in [-0.05, 0) is 31.4 Å². The molecule has 1 aromatic carbocycles. The summed E-state index contributed by atoms with van der Waals surface area (Å²) >= 11 is 0. The zero-order valence-electron chi connectivity index (χ0n) is 10.9. The Morgan fingerprint density at radius 2 is 2.11 bits per heavy atom. The summed E-state index contributed by atoms with van der Waals surface area (Å²) in [5.74, 6) is -0.636. The second-order valence-corrected chi connectivity index (χ2v) is 5.24. The molecule has 0 bridgehead atoms. The largest absolute Gasteiger partial charge is 0.481 e. The molecule has 1 saturated heterocycles. The van der Waals surface area contributed by atoms with Gasteiger partial charge in [-0.1, -0.05) is 37.3 Å². The quantitative estimate of drug-likeness (QED) is 0.889. The summed E-state index contributed by atoms with van der Waals surface area (Å²) in [5, 5.41) is 9.45. The van der Waals surface area contributed by atoms with Crippen molar-refractivity contribution in [2.45, 2.75) is 32.7 Å². The van der Waals surface area contributed by atoms with Crippen molar-refractivity contribution < 1.29 is 9.90 Å². The number of rotatable bonds is 4. The third-order valence-electron chi connectivity index (χ3n) is 4.04. The highest BCUT2D eigenvalue weighted by Gasteiger charge is 2.40. The van der Waals surface area contributed by atoms with Crippen molar-refractivity contribution in [1.29, 1.82) is 0 Å². The molecule has 1 atom stereocenters. The number of carboxylic acid groups (broad SMARTS) is 1. The maximum absolute atomic E-state index is 11.5. The van der Waals surface area contributed by atoms with E-state index in [-0.39, 0.29) is 0 Å². The van der Waals surface area contributed by atoms with Crippen LogP contribution >= 0.6 is 0 Å². The lowest BCUT2D eigenvalue weighted by Gasteiger charge is -2.39. The zero-order chi connectivity index (χ0) is 13.0. The minimum absolute atomic E-state index is 0.535. The molecule has 2 rings (SSSR count). The van der Waals surface area contributed by atoms with Crippen LogP contribution in [0.2, 0.25) is 0 Å². The van der Waals surface area contributed by atoms with Crippen molar-refractivity contribution in [2.24, 2.45) is 5.41 Å². The van der Waals surface area contributed by atoms with E-state index in [2.05, 4.69) is 17.0 Å². The molecule has 0 unspecified atom stereocenters. The monoisotopic (exact) mass is 247 g/mol. The minimum atomic E-state index is -0.636. The van der Waals surface area contributed by atoms with Gasteiger partial charge in [0, 0.05) is 13.1 Å². The second-order valence-electron chi connectivity index (χ2n) is 5.24. The lowest BCUT2D eigenvalue weighted by Crippen LogP contribution is -2.47. The molecule has 3 nitrogen and oxygen atoms in total. The Labute approximate surface area is 108 Å². The molecule has 1 N–H and O–H groups in total. The number of hydrogen-bond donors (Lipinski definition) is 1. The molecule has 3 heteroatoms. The first kappa shape index (κ1) is 13.1. The highest BCUT2D eigenvalue weighted by Crippen LogP contribution is 2.34. The van der Waals surface area contributed by atoms with Gasteiger partial charge >= 0.3 is 5.97 Å². The van der Waals surface area contributed by atoms with E-state index in [1.54, 1.807) is 0 Å². The number of carboxylic acids is 1. The molecule has 1 aliphatic rings. The first-order valence-electron chi connectivity index (χ1n) is 6.66. The lowest BCUT2D eigenvalue weighted by molar-refractivity contribution is -0.153. The number of hydrogen-bond acceptors (Lipinski definition) is 2. The third-order valence-corrected chi connectivity index (χ3v) is 4.04. The summed E-state index contributed by atoms with van der Waals surface area (Å²) in [6, 6.07) is 10.3. The van der Waals surface area contributed by atoms with Gasteiger partial charge in [0.05, 0.1) is 5.41 Å². The molecule has 1 heterocycles. The Bertz CT molecular complexity index is 404. The predicted molar refractivity (Wildman–Crippen MR) is 71.3 cm³/mol. The van der Waals surface area contributed by atoms with Crippen LogP contribution in [0.25, 0.3) is 0 Å². The number of nitrogens with zero attached hydrogens (tertiary/aromatic N) is 1. The molecule has 0 radical (unpaired) electrons. The van der Waals surface area contributed by atoms with Crippen molar-refractivity contribution in [3.05, 3.63) is 35.9 Å². The van der Waals surface area contributed by atoms with E-state index < -0.39 is 11.4 Å². The van der Waals surface area contributed by atoms with Crippen LogP contribution in [0.3, 0.4) is 0 Å². The van der Waals surface area contributed by atoms with E-state index in [0.717, 1.165) is 25.9 Å². The molecule has 0 amide bonds. The average molecular weight is 247 g/mol. The van der Waals surface area contributed by atoms with Crippen molar-refractivity contribution >= 4 is 5.97 Å². The third kappa shape index (κ3) is 2.72. The van der Waals surface area contributed by atoms with Gasteiger partial charge in [0.2, 0.25) is 0 Å². The van der Waals surface area contributed by atoms with Gasteiger partial charge in [-0.3, -0.25) is 9.69 Å². The van der Waals surface area contributed by atoms with Gasteiger partial charge in [0.15, 0.2) is 0 Å². The summed E-state index contributed by atoms with van der Waals surface area (Å²) in [6.07, 6.45) is 2.50. The van der Waals surface area contributed by atoms with Crippen molar-refractivity contribution in [1.82, 2.24) is 4.90 Å². The van der Waals surface area contributed by atoms with Gasteiger partial charge in [0.1, 0.15) is 0 Å².